The van der Waals surface area contributed by atoms with Crippen LogP contribution in [0.4, 0.5) is 5.82 Å². The Kier molecular flexibility index (Phi) is 11.6. The van der Waals surface area contributed by atoms with Gasteiger partial charge in [-0.2, -0.15) is 13.5 Å². The molecule has 3 aliphatic rings. The maximum Gasteiger partial charge on any atom is 0.418 e. The van der Waals surface area contributed by atoms with Crippen LogP contribution in [0.2, 0.25) is 0 Å². The predicted octanol–water partition coefficient (Wildman–Crippen LogP) is -0.679. The van der Waals surface area contributed by atoms with Crippen LogP contribution in [0.15, 0.2) is 40.5 Å². The fourth-order valence-electron chi connectivity index (χ4n) is 5.17. The maximum absolute atomic E-state index is 13.3. The van der Waals surface area contributed by atoms with E-state index in [-0.39, 0.29) is 16.6 Å². The van der Waals surface area contributed by atoms with Gasteiger partial charge >= 0.3 is 16.4 Å². The summed E-state index contributed by atoms with van der Waals surface area (Å²) < 4.78 is 41.2. The molecule has 1 aromatic heterocycles. The molecule has 2 aromatic rings. The van der Waals surface area contributed by atoms with E-state index in [0.29, 0.717) is 22.2 Å². The van der Waals surface area contributed by atoms with Gasteiger partial charge in [0.15, 0.2) is 10.9 Å². The third kappa shape index (κ3) is 9.28. The van der Waals surface area contributed by atoms with Gasteiger partial charge in [-0.3, -0.25) is 19.1 Å². The molecule has 5 rings (SSSR count). The van der Waals surface area contributed by atoms with E-state index >= 15 is 0 Å². The van der Waals surface area contributed by atoms with Crippen LogP contribution in [0, 0.1) is 5.92 Å². The molecule has 3 atom stereocenters. The highest BCUT2D eigenvalue weighted by molar-refractivity contribution is 8.14. The van der Waals surface area contributed by atoms with Crippen LogP contribution in [-0.2, 0) is 33.9 Å². The van der Waals surface area contributed by atoms with Crippen molar-refractivity contribution < 1.29 is 46.3 Å². The summed E-state index contributed by atoms with van der Waals surface area (Å²) in [5.41, 5.74) is 4.68. The predicted molar refractivity (Wildman–Crippen MR) is 183 cm³/mol. The topological polar surface area (TPSA) is 268 Å². The van der Waals surface area contributed by atoms with Gasteiger partial charge in [-0.15, -0.1) is 4.28 Å². The van der Waals surface area contributed by atoms with E-state index in [2.05, 4.69) is 40.7 Å². The minimum absolute atomic E-state index is 0.153. The van der Waals surface area contributed by atoms with Gasteiger partial charge in [-0.1, -0.05) is 16.9 Å². The number of nitrogens with one attached hydrogen (secondary N) is 4. The van der Waals surface area contributed by atoms with Crippen LogP contribution < -0.4 is 31.7 Å². The van der Waals surface area contributed by atoms with Gasteiger partial charge < -0.3 is 41.7 Å². The number of carbonyl (C=O) groups excluding carboxylic acids is 2. The molecule has 0 radical (unpaired) electrons. The Labute approximate surface area is 291 Å². The van der Waals surface area contributed by atoms with Crippen LogP contribution in [0.25, 0.3) is 10.9 Å². The molecule has 0 spiro atoms. The zero-order valence-corrected chi connectivity index (χ0v) is 28.8. The van der Waals surface area contributed by atoms with Crippen molar-refractivity contribution in [2.45, 2.75) is 44.0 Å². The molecule has 2 amide bonds. The van der Waals surface area contributed by atoms with Crippen molar-refractivity contribution in [3.8, 4) is 5.75 Å². The summed E-state index contributed by atoms with van der Waals surface area (Å²) in [5.74, 6) is -1.39. The average Bonchev–Trinajstić information content (AvgIpc) is 3.47. The Balaban J connectivity index is 1.18. The zero-order chi connectivity index (χ0) is 36.1. The Morgan fingerprint density at radius 1 is 1.24 bits per heavy atom. The van der Waals surface area contributed by atoms with Crippen LogP contribution >= 0.6 is 11.8 Å². The molecule has 19 nitrogen and oxygen atoms in total. The number of oxime groups is 1. The van der Waals surface area contributed by atoms with Gasteiger partial charge in [0.1, 0.15) is 30.3 Å². The van der Waals surface area contributed by atoms with E-state index in [1.54, 1.807) is 18.2 Å². The first-order valence-electron chi connectivity index (χ1n) is 15.6. The van der Waals surface area contributed by atoms with Crippen molar-refractivity contribution in [3.63, 3.8) is 0 Å². The highest BCUT2D eigenvalue weighted by atomic mass is 32.3. The number of benzene rings is 1. The minimum atomic E-state index is -5.01. The molecule has 8 N–H and O–H groups in total. The van der Waals surface area contributed by atoms with E-state index < -0.39 is 58.5 Å². The molecule has 272 valence electrons. The summed E-state index contributed by atoms with van der Waals surface area (Å²) in [6.07, 6.45) is -0.711. The normalized spacial score (nSPS) is 21.2. The van der Waals surface area contributed by atoms with Gasteiger partial charge in [0.25, 0.3) is 17.9 Å². The molecule has 1 aromatic carbocycles. The first-order valence-corrected chi connectivity index (χ1v) is 18.0. The largest absolute Gasteiger partial charge is 0.489 e. The number of fused-ring (bicyclic) bond motifs is 1. The Morgan fingerprint density at radius 2 is 2.02 bits per heavy atom. The van der Waals surface area contributed by atoms with Crippen molar-refractivity contribution in [2.75, 3.05) is 50.4 Å². The molecule has 50 heavy (non-hydrogen) atoms. The molecule has 0 saturated carbocycles. The van der Waals surface area contributed by atoms with Crippen molar-refractivity contribution in [1.82, 2.24) is 26.0 Å². The van der Waals surface area contributed by atoms with E-state index in [4.69, 9.17) is 19.9 Å². The molecule has 2 fully saturated rings. The summed E-state index contributed by atoms with van der Waals surface area (Å²) in [6.45, 7) is 7.11. The highest BCUT2D eigenvalue weighted by Crippen LogP contribution is 2.33. The standard InChI is InChI=1S/C29H39N9O10S2/c1-29(2)24(26(40)38(29)48-50(43,44)45)36-25(39)23(20-15-49-28(30)35-20)37-47-21(27(41)42)14-46-18-5-6-19-17(10-18)4-7-22(34-19)33-9-3-8-31-11-16-12-32-13-16/h4-7,10,16,20-21,24,31-32H,3,8-9,11-15H2,1-2H3,(H2,30,35)(H,33,34)(H,36,39)(H,41,42)(H,43,44,45)/b37-23-. The van der Waals surface area contributed by atoms with Crippen molar-refractivity contribution in [3.05, 3.63) is 30.3 Å². The number of carboxylic acids is 1. The highest BCUT2D eigenvalue weighted by Gasteiger charge is 2.58. The number of aromatic nitrogens is 1. The number of ether oxygens (including phenoxy) is 1. The molecule has 4 heterocycles. The Morgan fingerprint density at radius 3 is 2.66 bits per heavy atom. The number of nitrogens with zero attached hydrogens (tertiary/aromatic N) is 4. The van der Waals surface area contributed by atoms with E-state index in [9.17, 15) is 27.9 Å². The number of thioether (sulfide) groups is 1. The van der Waals surface area contributed by atoms with Crippen LogP contribution in [0.1, 0.15) is 20.3 Å². The quantitative estimate of drug-likeness (QED) is 0.0328. The van der Waals surface area contributed by atoms with E-state index in [1.807, 2.05) is 12.1 Å². The van der Waals surface area contributed by atoms with Gasteiger partial charge in [0.05, 0.1) is 11.1 Å². The minimum Gasteiger partial charge on any atom is -0.489 e. The number of anilines is 1. The lowest BCUT2D eigenvalue weighted by atomic mass is 9.84. The van der Waals surface area contributed by atoms with Crippen LogP contribution in [0.3, 0.4) is 0 Å². The SMILES string of the molecule is CC1(C)C(NC(=O)/C(=N\OC(COc2ccc3nc(NCCCNCC4CNC4)ccc3c2)C(=O)O)C2CSC(N)=N2)C(=O)N1OS(=O)(=O)O. The molecule has 2 saturated heterocycles. The number of carbonyl (C=O) groups is 3. The number of amidine groups is 1. The van der Waals surface area contributed by atoms with Gasteiger partial charge in [-0.05, 0) is 63.1 Å². The first-order chi connectivity index (χ1) is 23.7. The number of aliphatic carboxylic acids is 1. The second kappa shape index (κ2) is 15.7. The smallest absolute Gasteiger partial charge is 0.418 e. The summed E-state index contributed by atoms with van der Waals surface area (Å²) in [7, 11) is -5.01. The van der Waals surface area contributed by atoms with Crippen molar-refractivity contribution in [1.29, 1.82) is 0 Å². The van der Waals surface area contributed by atoms with E-state index in [0.717, 1.165) is 62.1 Å². The number of amides is 2. The molecule has 0 bridgehead atoms. The first kappa shape index (κ1) is 37.0. The summed E-state index contributed by atoms with van der Waals surface area (Å²) in [5, 5.41) is 27.4. The number of aliphatic imine (C=N–C) groups is 1. The second-order valence-corrected chi connectivity index (χ2v) is 14.3. The number of hydrogen-bond acceptors (Lipinski definition) is 16. The number of nitrogens with two attached hydrogens (primary N) is 1. The van der Waals surface area contributed by atoms with Gasteiger partial charge in [-0.25, -0.2) is 9.78 Å². The number of carboxylic acid groups (broad SMARTS) is 1. The van der Waals surface area contributed by atoms with Crippen molar-refractivity contribution >= 4 is 67.5 Å². The Hall–Kier alpha value is -4.28. The summed E-state index contributed by atoms with van der Waals surface area (Å²) in [6, 6.07) is 6.55. The average molecular weight is 738 g/mol. The Bertz CT molecular complexity index is 1770. The van der Waals surface area contributed by atoms with Crippen molar-refractivity contribution in [2.24, 2.45) is 21.8 Å². The molecule has 21 heteroatoms. The lowest BCUT2D eigenvalue weighted by Crippen LogP contribution is -2.77. The third-order valence-electron chi connectivity index (χ3n) is 8.09. The zero-order valence-electron chi connectivity index (χ0n) is 27.2. The molecular weight excluding hydrogens is 699 g/mol. The molecule has 0 aliphatic carbocycles. The number of hydroxylamine groups is 2. The van der Waals surface area contributed by atoms with Crippen LogP contribution in [0.5, 0.6) is 5.75 Å². The summed E-state index contributed by atoms with van der Waals surface area (Å²) >= 11 is 1.12. The number of hydrogen-bond donors (Lipinski definition) is 7. The van der Waals surface area contributed by atoms with Gasteiger partial charge in [0, 0.05) is 37.3 Å². The number of β-lactam (4-membered cyclic amide) rings is 1. The fraction of sp³-hybridized carbons (Fsp3) is 0.517. The molecule has 3 aliphatic heterocycles. The molecular formula is C29H39N9O10S2. The van der Waals surface area contributed by atoms with E-state index in [1.165, 1.54) is 13.8 Å². The third-order valence-corrected chi connectivity index (χ3v) is 9.31. The lowest BCUT2D eigenvalue weighted by molar-refractivity contribution is -0.218. The lowest BCUT2D eigenvalue weighted by Gasteiger charge is -2.50. The molecule has 3 unspecified atom stereocenters. The maximum atomic E-state index is 13.3. The monoisotopic (exact) mass is 737 g/mol. The second-order valence-electron chi connectivity index (χ2n) is 12.3. The van der Waals surface area contributed by atoms with Crippen LogP contribution in [-0.4, -0.2) is 126 Å². The number of rotatable bonds is 18. The number of pyridine rings is 1. The fourth-order valence-corrected chi connectivity index (χ4v) is 6.39. The van der Waals surface area contributed by atoms with Gasteiger partial charge in [0.2, 0.25) is 0 Å². The summed E-state index contributed by atoms with van der Waals surface area (Å²) in [4.78, 5) is 51.9.